The summed E-state index contributed by atoms with van der Waals surface area (Å²) in [6, 6.07) is 8.07. The Hall–Kier alpha value is -3.06. The van der Waals surface area contributed by atoms with Crippen LogP contribution in [0.1, 0.15) is 17.3 Å². The van der Waals surface area contributed by atoms with Crippen LogP contribution in [0.3, 0.4) is 0 Å². The van der Waals surface area contributed by atoms with Gasteiger partial charge in [-0.25, -0.2) is 9.78 Å². The Balaban J connectivity index is 1.68. The minimum Gasteiger partial charge on any atom is -0.495 e. The van der Waals surface area contributed by atoms with Gasteiger partial charge in [0.05, 0.1) is 36.4 Å². The van der Waals surface area contributed by atoms with Gasteiger partial charge in [-0.05, 0) is 37.3 Å². The number of pyridine rings is 1. The number of ether oxygens (including phenoxy) is 2. The number of benzene rings is 1. The summed E-state index contributed by atoms with van der Waals surface area (Å²) in [5.74, 6) is -0.647. The zero-order valence-electron chi connectivity index (χ0n) is 14.1. The molecule has 7 nitrogen and oxygen atoms in total. The first-order valence-corrected chi connectivity index (χ1v) is 8.13. The summed E-state index contributed by atoms with van der Waals surface area (Å²) in [5, 5.41) is 3.09. The molecule has 0 saturated heterocycles. The van der Waals surface area contributed by atoms with Crippen molar-refractivity contribution in [2.45, 2.75) is 13.0 Å². The molecule has 2 heterocycles. The highest BCUT2D eigenvalue weighted by Gasteiger charge is 2.20. The molecule has 0 unspecified atom stereocenters. The summed E-state index contributed by atoms with van der Waals surface area (Å²) in [6.07, 6.45) is 3.94. The first kappa shape index (κ1) is 17.8. The first-order chi connectivity index (χ1) is 12.5. The lowest BCUT2D eigenvalue weighted by molar-refractivity contribution is -0.123. The van der Waals surface area contributed by atoms with Crippen molar-refractivity contribution in [1.82, 2.24) is 9.38 Å². The van der Waals surface area contributed by atoms with E-state index in [4.69, 9.17) is 21.1 Å². The van der Waals surface area contributed by atoms with Gasteiger partial charge in [0.2, 0.25) is 0 Å². The van der Waals surface area contributed by atoms with Crippen molar-refractivity contribution >= 4 is 34.7 Å². The van der Waals surface area contributed by atoms with E-state index in [1.165, 1.54) is 14.0 Å². The fourth-order valence-corrected chi connectivity index (χ4v) is 2.51. The summed E-state index contributed by atoms with van der Waals surface area (Å²) in [6.45, 7) is 1.49. The molecule has 0 radical (unpaired) electrons. The van der Waals surface area contributed by atoms with Gasteiger partial charge in [-0.15, -0.1) is 0 Å². The Bertz CT molecular complexity index is 970. The normalized spacial score (nSPS) is 11.8. The van der Waals surface area contributed by atoms with E-state index < -0.39 is 18.0 Å². The molecular formula is C18H16ClN3O4. The van der Waals surface area contributed by atoms with E-state index >= 15 is 0 Å². The molecule has 1 aromatic carbocycles. The number of amides is 1. The molecule has 0 aliphatic heterocycles. The molecule has 1 N–H and O–H groups in total. The van der Waals surface area contributed by atoms with Gasteiger partial charge < -0.3 is 19.2 Å². The van der Waals surface area contributed by atoms with Gasteiger partial charge in [0, 0.05) is 11.2 Å². The van der Waals surface area contributed by atoms with Crippen LogP contribution in [0.15, 0.2) is 49.1 Å². The van der Waals surface area contributed by atoms with E-state index in [1.807, 2.05) is 0 Å². The van der Waals surface area contributed by atoms with Crippen LogP contribution in [0.5, 0.6) is 5.75 Å². The number of carbonyl (C=O) groups excluding carboxylic acids is 2. The van der Waals surface area contributed by atoms with Crippen LogP contribution in [-0.2, 0) is 9.53 Å². The molecule has 0 bridgehead atoms. The Morgan fingerprint density at radius 3 is 2.85 bits per heavy atom. The fourth-order valence-electron chi connectivity index (χ4n) is 2.34. The number of carbonyl (C=O) groups is 2. The average Bonchev–Trinajstić information content (AvgIpc) is 3.09. The zero-order valence-corrected chi connectivity index (χ0v) is 14.9. The third-order valence-corrected chi connectivity index (χ3v) is 3.96. The molecule has 3 rings (SSSR count). The van der Waals surface area contributed by atoms with E-state index in [0.717, 1.165) is 5.52 Å². The number of nitrogens with zero attached hydrogens (tertiary/aromatic N) is 2. The summed E-state index contributed by atoms with van der Waals surface area (Å²) >= 11 is 5.94. The van der Waals surface area contributed by atoms with Crippen LogP contribution in [0.2, 0.25) is 5.02 Å². The molecule has 2 aromatic heterocycles. The lowest BCUT2D eigenvalue weighted by Crippen LogP contribution is -2.30. The van der Waals surface area contributed by atoms with Crippen molar-refractivity contribution in [3.63, 3.8) is 0 Å². The number of rotatable bonds is 5. The van der Waals surface area contributed by atoms with Crippen molar-refractivity contribution in [2.75, 3.05) is 12.4 Å². The average molecular weight is 374 g/mol. The zero-order chi connectivity index (χ0) is 18.7. The molecule has 134 valence electrons. The number of imidazole rings is 1. The highest BCUT2D eigenvalue weighted by molar-refractivity contribution is 6.31. The summed E-state index contributed by atoms with van der Waals surface area (Å²) in [5.41, 5.74) is 1.48. The van der Waals surface area contributed by atoms with Crippen LogP contribution < -0.4 is 10.1 Å². The first-order valence-electron chi connectivity index (χ1n) is 7.75. The number of methoxy groups -OCH3 is 1. The van der Waals surface area contributed by atoms with Crippen LogP contribution >= 0.6 is 11.6 Å². The molecule has 0 saturated carbocycles. The van der Waals surface area contributed by atoms with Crippen LogP contribution in [0, 0.1) is 0 Å². The monoisotopic (exact) mass is 373 g/mol. The maximum absolute atomic E-state index is 12.3. The van der Waals surface area contributed by atoms with E-state index in [0.29, 0.717) is 22.0 Å². The highest BCUT2D eigenvalue weighted by Crippen LogP contribution is 2.27. The Labute approximate surface area is 154 Å². The number of halogens is 1. The highest BCUT2D eigenvalue weighted by atomic mass is 35.5. The third kappa shape index (κ3) is 3.78. The van der Waals surface area contributed by atoms with E-state index in [1.54, 1.807) is 53.5 Å². The van der Waals surface area contributed by atoms with Crippen LogP contribution in [0.25, 0.3) is 5.52 Å². The Morgan fingerprint density at radius 1 is 1.27 bits per heavy atom. The molecule has 1 atom stereocenters. The number of fused-ring (bicyclic) bond motifs is 1. The van der Waals surface area contributed by atoms with Crippen molar-refractivity contribution in [3.05, 3.63) is 59.6 Å². The van der Waals surface area contributed by atoms with Crippen LogP contribution in [0.4, 0.5) is 5.69 Å². The predicted octanol–water partition coefficient (Wildman–Crippen LogP) is 3.18. The Morgan fingerprint density at radius 2 is 2.08 bits per heavy atom. The van der Waals surface area contributed by atoms with Crippen molar-refractivity contribution < 1.29 is 19.1 Å². The minimum absolute atomic E-state index is 0.331. The molecule has 0 spiro atoms. The van der Waals surface area contributed by atoms with Gasteiger partial charge in [0.1, 0.15) is 5.75 Å². The lowest BCUT2D eigenvalue weighted by atomic mass is 10.2. The predicted molar refractivity (Wildman–Crippen MR) is 96.7 cm³/mol. The SMILES string of the molecule is COc1ccc(Cl)cc1NC(=O)[C@@H](C)OC(=O)c1ccn2cncc2c1. The molecular weight excluding hydrogens is 358 g/mol. The molecule has 0 aliphatic rings. The van der Waals surface area contributed by atoms with Gasteiger partial charge >= 0.3 is 5.97 Å². The van der Waals surface area contributed by atoms with Gasteiger partial charge in [-0.2, -0.15) is 0 Å². The van der Waals surface area contributed by atoms with Gasteiger partial charge in [0.25, 0.3) is 5.91 Å². The quantitative estimate of drug-likeness (QED) is 0.694. The number of hydrogen-bond donors (Lipinski definition) is 1. The van der Waals surface area contributed by atoms with Gasteiger partial charge in [-0.3, -0.25) is 4.79 Å². The minimum atomic E-state index is -1.01. The third-order valence-electron chi connectivity index (χ3n) is 3.72. The molecule has 8 heteroatoms. The molecule has 0 aliphatic carbocycles. The molecule has 0 fully saturated rings. The number of esters is 1. The fraction of sp³-hybridized carbons (Fsp3) is 0.167. The number of aromatic nitrogens is 2. The van der Waals surface area contributed by atoms with Gasteiger partial charge in [-0.1, -0.05) is 11.6 Å². The van der Waals surface area contributed by atoms with E-state index in [9.17, 15) is 9.59 Å². The molecule has 3 aromatic rings. The second-order valence-corrected chi connectivity index (χ2v) is 5.96. The maximum atomic E-state index is 12.3. The standard InChI is InChI=1S/C18H16ClN3O4/c1-11(17(23)21-15-8-13(19)3-4-16(15)25-2)26-18(24)12-5-6-22-10-20-9-14(22)7-12/h3-11H,1-2H3,(H,21,23)/t11-/m1/s1. The summed E-state index contributed by atoms with van der Waals surface area (Å²) in [4.78, 5) is 28.6. The van der Waals surface area contributed by atoms with E-state index in [2.05, 4.69) is 10.3 Å². The van der Waals surface area contributed by atoms with Crippen molar-refractivity contribution in [1.29, 1.82) is 0 Å². The summed E-state index contributed by atoms with van der Waals surface area (Å²) < 4.78 is 12.2. The van der Waals surface area contributed by atoms with Crippen molar-refractivity contribution in [3.8, 4) is 5.75 Å². The van der Waals surface area contributed by atoms with E-state index in [-0.39, 0.29) is 0 Å². The topological polar surface area (TPSA) is 81.9 Å². The molecule has 1 amide bonds. The molecule has 26 heavy (non-hydrogen) atoms. The van der Waals surface area contributed by atoms with Crippen LogP contribution in [-0.4, -0.2) is 34.5 Å². The number of anilines is 1. The van der Waals surface area contributed by atoms with Crippen molar-refractivity contribution in [2.24, 2.45) is 0 Å². The smallest absolute Gasteiger partial charge is 0.339 e. The summed E-state index contributed by atoms with van der Waals surface area (Å²) in [7, 11) is 1.48. The Kier molecular flexibility index (Phi) is 5.09. The van der Waals surface area contributed by atoms with Gasteiger partial charge in [0.15, 0.2) is 6.10 Å². The number of nitrogens with one attached hydrogen (secondary N) is 1. The second kappa shape index (κ2) is 7.45. The largest absolute Gasteiger partial charge is 0.495 e. The number of hydrogen-bond acceptors (Lipinski definition) is 5. The second-order valence-electron chi connectivity index (χ2n) is 5.52. The maximum Gasteiger partial charge on any atom is 0.339 e. The lowest BCUT2D eigenvalue weighted by Gasteiger charge is -2.15.